The second-order valence-corrected chi connectivity index (χ2v) is 32.7. The molecule has 1 unspecified atom stereocenters. The Morgan fingerprint density at radius 1 is 0.282 bits per heavy atom. The van der Waals surface area contributed by atoms with Crippen molar-refractivity contribution in [3.63, 3.8) is 0 Å². The zero-order valence-electron chi connectivity index (χ0n) is 75.2. The lowest BCUT2D eigenvalue weighted by atomic mass is 9.96. The Labute approximate surface area is 769 Å². The Morgan fingerprint density at radius 3 is 1.12 bits per heavy atom. The normalized spacial score (nSPS) is 20.8. The average molecular weight is 1790 g/mol. The van der Waals surface area contributed by atoms with Crippen LogP contribution in [0.5, 0.6) is 23.0 Å². The first kappa shape index (κ1) is 102. The number of carbonyl (C=O) groups excluding carboxylic acids is 12. The lowest BCUT2D eigenvalue weighted by molar-refractivity contribution is -0.110. The summed E-state index contributed by atoms with van der Waals surface area (Å²) in [6.45, 7) is 5.36. The van der Waals surface area contributed by atoms with E-state index in [4.69, 9.17) is 28.4 Å². The van der Waals surface area contributed by atoms with Crippen LogP contribution in [-0.4, -0.2) is 172 Å². The highest BCUT2D eigenvalue weighted by molar-refractivity contribution is 6.01. The van der Waals surface area contributed by atoms with Crippen LogP contribution in [-0.2, 0) is 76.9 Å². The number of benzene rings is 7. The summed E-state index contributed by atoms with van der Waals surface area (Å²) in [4.78, 5) is 145. The van der Waals surface area contributed by atoms with Gasteiger partial charge in [-0.3, -0.25) is 28.8 Å². The van der Waals surface area contributed by atoms with Gasteiger partial charge in [0, 0.05) is 31.9 Å². The largest absolute Gasteiger partial charge is 0.493 e. The van der Waals surface area contributed by atoms with E-state index in [-0.39, 0.29) is 35.4 Å². The van der Waals surface area contributed by atoms with Crippen LogP contribution in [0.15, 0.2) is 207 Å². The molecule has 7 heterocycles. The molecule has 6 aliphatic rings. The van der Waals surface area contributed by atoms with E-state index < -0.39 is 36.3 Å². The van der Waals surface area contributed by atoms with Crippen molar-refractivity contribution in [2.24, 2.45) is 0 Å². The van der Waals surface area contributed by atoms with Crippen molar-refractivity contribution in [1.29, 1.82) is 0 Å². The molecule has 7 aromatic carbocycles. The molecular formula is C105H128N8O18. The van der Waals surface area contributed by atoms with Gasteiger partial charge in [0.05, 0.1) is 97.5 Å². The van der Waals surface area contributed by atoms with Crippen LogP contribution in [0.25, 0.3) is 0 Å². The number of allylic oxidation sites excluding steroid dienone is 2. The van der Waals surface area contributed by atoms with Crippen molar-refractivity contribution in [2.75, 3.05) is 52.9 Å². The number of rotatable bonds is 6. The SMILES string of the molecule is O=CC1CCCCCCOc2ccccc2C(=O)N1.O=C[C@@H]1C/C=C/CCCCCCCc2ccccc2C(=O)N1.O=C[C@@H]1C/C=C/CCCOc2ccccc2C(=O)N1.O=C[C@@H]1CCCCOCCOc2ccccc2C(=O)N1.O=C[C@@H]1Cc2ccccc2CCCCCCOc2ccccc2C(=O)N1.O=C[C@@H]1Cc2ccccc2CCCOCCCn2cncc2C(=O)N1. The molecule has 0 spiro atoms. The van der Waals surface area contributed by atoms with Gasteiger partial charge in [0.15, 0.2) is 0 Å². The zero-order chi connectivity index (χ0) is 92.5. The molecular weight excluding hydrogens is 1660 g/mol. The number of nitrogens with zero attached hydrogens (tertiary/aromatic N) is 2. The molecule has 26 nitrogen and oxygen atoms in total. The monoisotopic (exact) mass is 1790 g/mol. The summed E-state index contributed by atoms with van der Waals surface area (Å²) in [5.41, 5.74) is 8.81. The molecule has 6 aliphatic heterocycles. The average Bonchev–Trinajstić information content (AvgIpc) is 1.78. The van der Waals surface area contributed by atoms with Gasteiger partial charge in [-0.1, -0.05) is 191 Å². The van der Waals surface area contributed by atoms with Crippen molar-refractivity contribution < 1.29 is 86.0 Å². The number of imidazole rings is 1. The van der Waals surface area contributed by atoms with Crippen molar-refractivity contribution in [3.05, 3.63) is 268 Å². The summed E-state index contributed by atoms with van der Waals surface area (Å²) < 4.78 is 35.6. The first-order chi connectivity index (χ1) is 64.3. The molecule has 0 saturated carbocycles. The van der Waals surface area contributed by atoms with Crippen LogP contribution in [0.1, 0.15) is 244 Å². The van der Waals surface area contributed by atoms with Crippen molar-refractivity contribution in [3.8, 4) is 23.0 Å². The second-order valence-electron chi connectivity index (χ2n) is 32.7. The Bertz CT molecular complexity index is 4950. The Morgan fingerprint density at radius 2 is 0.618 bits per heavy atom. The third-order valence-corrected chi connectivity index (χ3v) is 22.7. The highest BCUT2D eigenvalue weighted by Gasteiger charge is 2.25. The number of nitrogens with one attached hydrogen (secondary N) is 6. The number of aromatic nitrogens is 2. The second kappa shape index (κ2) is 60.1. The summed E-state index contributed by atoms with van der Waals surface area (Å²) >= 11 is 0. The van der Waals surface area contributed by atoms with E-state index in [0.29, 0.717) is 154 Å². The summed E-state index contributed by atoms with van der Waals surface area (Å²) in [5.74, 6) is 0.749. The molecule has 14 rings (SSSR count). The molecule has 8 aromatic rings. The van der Waals surface area contributed by atoms with Crippen molar-refractivity contribution >= 4 is 73.2 Å². The molecule has 26 heteroatoms. The van der Waals surface area contributed by atoms with E-state index in [1.165, 1.54) is 43.0 Å². The molecule has 0 bridgehead atoms. The molecule has 6 atom stereocenters. The number of aryl methyl sites for hydroxylation is 4. The lowest BCUT2D eigenvalue weighted by Crippen LogP contribution is -2.38. The van der Waals surface area contributed by atoms with Gasteiger partial charge in [0.25, 0.3) is 35.4 Å². The molecule has 131 heavy (non-hydrogen) atoms. The van der Waals surface area contributed by atoms with E-state index in [1.54, 1.807) is 83.7 Å². The molecule has 6 N–H and O–H groups in total. The van der Waals surface area contributed by atoms with Crippen molar-refractivity contribution in [2.45, 2.75) is 229 Å². The zero-order valence-corrected chi connectivity index (χ0v) is 75.2. The van der Waals surface area contributed by atoms with E-state index in [0.717, 1.165) is 176 Å². The number of amides is 6. The quantitative estimate of drug-likeness (QED) is 0.0665. The van der Waals surface area contributed by atoms with Crippen LogP contribution in [0.4, 0.5) is 0 Å². The van der Waals surface area contributed by atoms with Gasteiger partial charge in [-0.15, -0.1) is 0 Å². The van der Waals surface area contributed by atoms with Gasteiger partial charge in [-0.2, -0.15) is 0 Å². The number of hydrogen-bond donors (Lipinski definition) is 6. The van der Waals surface area contributed by atoms with E-state index >= 15 is 0 Å². The number of aldehydes is 6. The fourth-order valence-corrected chi connectivity index (χ4v) is 15.5. The fourth-order valence-electron chi connectivity index (χ4n) is 15.5. The van der Waals surface area contributed by atoms with Gasteiger partial charge in [-0.25, -0.2) is 4.98 Å². The molecule has 696 valence electrons. The fraction of sp³-hybridized carbons (Fsp3) is 0.419. The molecule has 0 aliphatic carbocycles. The number of carbonyl (C=O) groups is 12. The standard InChI is InChI=1S/C22H25NO3.C19H23N3O3.C19H25NO2.C15H19NO4.C15H19NO3.C15H17NO3/c24-16-19-15-18-11-5-4-10-17(18)9-3-1-2-8-14-26-21-13-7-6-12-20(21)22(25)23-19;23-13-17-11-16-6-2-1-5-15(16)7-3-9-25-10-4-8-22-14-20-12-18(22)19(24)21-17;21-15-17-13-8-6-4-2-1-3-5-7-11-16-12-9-10-14-18(16)19(22)20-17;17-11-12-5-3-4-8-19-9-10-20-14-7-2-1-6-13(14)15(18)16-12;2*17-11-12-7-3-1-2-6-10-19-14-9-5-4-8-13(14)15(18)16-12/h4-7,10-13,16,19H,1-3,8-9,14-15H2,(H,23,25);1-2,5-6,12-14,17H,3-4,7-11H2,(H,21,24);6,8-10,12,14-15,17H,1-5,7,11,13H2,(H,20,22);1-2,6-7,11-12H,3-5,8-10H2,(H,16,18);4-5,8-9,11-12H,1-3,6-7,10H2,(H,16,18);1,3-5,8-9,11-12H,2,6-7,10H2,(H,16,18)/b;;8-6+;;;3-1+/t19-;2*17-;12-;;12-/m0000.0/s1. The number of para-hydroxylation sites is 4. The predicted octanol–water partition coefficient (Wildman–Crippen LogP) is 15.3. The van der Waals surface area contributed by atoms with Gasteiger partial charge in [0.1, 0.15) is 73.0 Å². The first-order valence-electron chi connectivity index (χ1n) is 46.4. The van der Waals surface area contributed by atoms with Crippen LogP contribution < -0.4 is 50.8 Å². The lowest BCUT2D eigenvalue weighted by Gasteiger charge is -2.16. The van der Waals surface area contributed by atoms with Crippen LogP contribution in [0.2, 0.25) is 0 Å². The topological polar surface area (TPSA) is 350 Å². The van der Waals surface area contributed by atoms with E-state index in [9.17, 15) is 57.5 Å². The van der Waals surface area contributed by atoms with Gasteiger partial charge < -0.3 is 93.7 Å². The van der Waals surface area contributed by atoms with Gasteiger partial charge >= 0.3 is 0 Å². The highest BCUT2D eigenvalue weighted by atomic mass is 16.5. The molecule has 0 saturated heterocycles. The maximum absolute atomic E-state index is 12.7. The van der Waals surface area contributed by atoms with Gasteiger partial charge in [-0.05, 0) is 217 Å². The summed E-state index contributed by atoms with van der Waals surface area (Å²) in [7, 11) is 0. The Hall–Kier alpha value is -12.8. The number of fused-ring (bicyclic) bond motifs is 8. The molecule has 1 aromatic heterocycles. The highest BCUT2D eigenvalue weighted by Crippen LogP contribution is 2.26. The van der Waals surface area contributed by atoms with Crippen LogP contribution >= 0.6 is 0 Å². The van der Waals surface area contributed by atoms with E-state index in [1.807, 2.05) is 103 Å². The third-order valence-electron chi connectivity index (χ3n) is 22.7. The minimum Gasteiger partial charge on any atom is -0.493 e. The van der Waals surface area contributed by atoms with Crippen LogP contribution in [0.3, 0.4) is 0 Å². The predicted molar refractivity (Wildman–Crippen MR) is 502 cm³/mol. The molecule has 0 fully saturated rings. The Kier molecular flexibility index (Phi) is 46.8. The first-order valence-corrected chi connectivity index (χ1v) is 46.4. The minimum atomic E-state index is -0.557. The minimum absolute atomic E-state index is 0.143. The van der Waals surface area contributed by atoms with Crippen LogP contribution in [0, 0.1) is 0 Å². The Balaban J connectivity index is 0.000000178. The number of ether oxygens (including phenoxy) is 6. The summed E-state index contributed by atoms with van der Waals surface area (Å²) in [6, 6.07) is 49.5. The smallest absolute Gasteiger partial charge is 0.270 e. The van der Waals surface area contributed by atoms with E-state index in [2.05, 4.69) is 55.1 Å². The van der Waals surface area contributed by atoms with Gasteiger partial charge in [0.2, 0.25) is 0 Å². The molecule has 6 amide bonds. The third kappa shape index (κ3) is 36.6. The number of hydrogen-bond acceptors (Lipinski definition) is 19. The maximum Gasteiger partial charge on any atom is 0.270 e. The molecule has 0 radical (unpaired) electrons. The maximum atomic E-state index is 12.7. The summed E-state index contributed by atoms with van der Waals surface area (Å²) in [6.07, 6.45) is 43.0. The summed E-state index contributed by atoms with van der Waals surface area (Å²) in [5, 5.41) is 16.7. The van der Waals surface area contributed by atoms with Crippen molar-refractivity contribution in [1.82, 2.24) is 41.5 Å².